The van der Waals surface area contributed by atoms with E-state index in [9.17, 15) is 9.90 Å². The summed E-state index contributed by atoms with van der Waals surface area (Å²) in [7, 11) is 1.47. The number of nitrogens with zero attached hydrogens (tertiary/aromatic N) is 1. The number of ether oxygens (including phenoxy) is 2. The van der Waals surface area contributed by atoms with E-state index in [-0.39, 0.29) is 17.9 Å². The second-order valence-corrected chi connectivity index (χ2v) is 3.89. The molecule has 0 fully saturated rings. The van der Waals surface area contributed by atoms with E-state index < -0.39 is 5.97 Å². The molecule has 1 heterocycles. The molecule has 100 valence electrons. The summed E-state index contributed by atoms with van der Waals surface area (Å²) in [6.45, 7) is 1.72. The molecule has 2 rings (SSSR count). The van der Waals surface area contributed by atoms with Gasteiger partial charge < -0.3 is 19.1 Å². The van der Waals surface area contributed by atoms with Gasteiger partial charge in [0.2, 0.25) is 0 Å². The second-order valence-electron chi connectivity index (χ2n) is 3.89. The fraction of sp³-hybridized carbons (Fsp3) is 0.231. The number of phenolic OH excluding ortho intramolecular Hbond substituents is 1. The first-order valence-corrected chi connectivity index (χ1v) is 5.56. The molecule has 0 radical (unpaired) electrons. The number of methoxy groups -OCH3 is 1. The van der Waals surface area contributed by atoms with Gasteiger partial charge in [-0.2, -0.15) is 0 Å². The van der Waals surface area contributed by atoms with E-state index in [0.29, 0.717) is 17.2 Å². The number of phenols is 1. The van der Waals surface area contributed by atoms with Gasteiger partial charge in [0.1, 0.15) is 35.1 Å². The Bertz CT molecular complexity index is 590. The Morgan fingerprint density at radius 3 is 2.84 bits per heavy atom. The maximum atomic E-state index is 11.8. The second kappa shape index (κ2) is 5.43. The van der Waals surface area contributed by atoms with Crippen LogP contribution in [0, 0.1) is 6.92 Å². The zero-order chi connectivity index (χ0) is 13.8. The smallest absolute Gasteiger partial charge is 0.342 e. The van der Waals surface area contributed by atoms with Crippen molar-refractivity contribution in [1.82, 2.24) is 5.16 Å². The number of hydrogen-bond donors (Lipinski definition) is 1. The summed E-state index contributed by atoms with van der Waals surface area (Å²) < 4.78 is 14.9. The molecule has 0 aliphatic carbocycles. The van der Waals surface area contributed by atoms with Crippen molar-refractivity contribution in [2.45, 2.75) is 13.5 Å². The minimum Gasteiger partial charge on any atom is -0.507 e. The Kier molecular flexibility index (Phi) is 3.70. The highest BCUT2D eigenvalue weighted by Gasteiger charge is 2.14. The molecule has 19 heavy (non-hydrogen) atoms. The number of carbonyl (C=O) groups excluding carboxylic acids is 1. The Labute approximate surface area is 109 Å². The third-order valence-corrected chi connectivity index (χ3v) is 2.45. The normalized spacial score (nSPS) is 10.2. The van der Waals surface area contributed by atoms with Crippen LogP contribution in [0.15, 0.2) is 28.8 Å². The molecule has 0 unspecified atom stereocenters. The van der Waals surface area contributed by atoms with Crippen LogP contribution in [0.1, 0.15) is 21.8 Å². The fourth-order valence-corrected chi connectivity index (χ4v) is 1.51. The fourth-order valence-electron chi connectivity index (χ4n) is 1.51. The number of aromatic hydroxyl groups is 1. The van der Waals surface area contributed by atoms with Gasteiger partial charge in [0.15, 0.2) is 0 Å². The summed E-state index contributed by atoms with van der Waals surface area (Å²) in [5.74, 6) is 0.275. The first-order chi connectivity index (χ1) is 9.10. The van der Waals surface area contributed by atoms with Gasteiger partial charge in [-0.3, -0.25) is 0 Å². The molecular weight excluding hydrogens is 250 g/mol. The molecule has 0 aliphatic rings. The van der Waals surface area contributed by atoms with Gasteiger partial charge in [0.25, 0.3) is 0 Å². The molecule has 0 bridgehead atoms. The van der Waals surface area contributed by atoms with Crippen molar-refractivity contribution in [2.75, 3.05) is 7.11 Å². The van der Waals surface area contributed by atoms with Gasteiger partial charge in [0.05, 0.1) is 7.11 Å². The van der Waals surface area contributed by atoms with Crippen molar-refractivity contribution >= 4 is 5.97 Å². The Balaban J connectivity index is 2.07. The van der Waals surface area contributed by atoms with Gasteiger partial charge in [-0.1, -0.05) is 5.16 Å². The lowest BCUT2D eigenvalue weighted by Gasteiger charge is -2.06. The first kappa shape index (κ1) is 12.9. The van der Waals surface area contributed by atoms with E-state index in [1.807, 2.05) is 0 Å². The standard InChI is InChI=1S/C13H13NO5/c1-8-5-9(14-19-8)7-18-13(16)11-6-10(17-2)3-4-12(11)15/h3-6,15H,7H2,1-2H3. The highest BCUT2D eigenvalue weighted by Crippen LogP contribution is 2.23. The maximum Gasteiger partial charge on any atom is 0.342 e. The van der Waals surface area contributed by atoms with Crippen molar-refractivity contribution in [2.24, 2.45) is 0 Å². The minimum atomic E-state index is -0.656. The van der Waals surface area contributed by atoms with E-state index in [2.05, 4.69) is 5.16 Å². The van der Waals surface area contributed by atoms with Crippen LogP contribution in [-0.2, 0) is 11.3 Å². The molecule has 2 aromatic rings. The molecule has 1 N–H and O–H groups in total. The molecular formula is C13H13NO5. The number of rotatable bonds is 4. The van der Waals surface area contributed by atoms with Crippen LogP contribution in [0.2, 0.25) is 0 Å². The average Bonchev–Trinajstić information content (AvgIpc) is 2.82. The SMILES string of the molecule is COc1ccc(O)c(C(=O)OCc2cc(C)on2)c1. The molecule has 0 atom stereocenters. The molecule has 6 nitrogen and oxygen atoms in total. The van der Waals surface area contributed by atoms with Crippen LogP contribution in [0.3, 0.4) is 0 Å². The van der Waals surface area contributed by atoms with Gasteiger partial charge >= 0.3 is 5.97 Å². The van der Waals surface area contributed by atoms with Crippen LogP contribution in [0.25, 0.3) is 0 Å². The minimum absolute atomic E-state index is 0.0210. The monoisotopic (exact) mass is 263 g/mol. The van der Waals surface area contributed by atoms with Crippen molar-refractivity contribution in [3.05, 3.63) is 41.3 Å². The summed E-state index contributed by atoms with van der Waals surface area (Å²) in [6.07, 6.45) is 0. The summed E-state index contributed by atoms with van der Waals surface area (Å²) >= 11 is 0. The summed E-state index contributed by atoms with van der Waals surface area (Å²) in [6, 6.07) is 5.99. The summed E-state index contributed by atoms with van der Waals surface area (Å²) in [5.41, 5.74) is 0.549. The molecule has 0 saturated carbocycles. The maximum absolute atomic E-state index is 11.8. The quantitative estimate of drug-likeness (QED) is 0.850. The molecule has 1 aromatic heterocycles. The van der Waals surface area contributed by atoms with Crippen molar-refractivity contribution in [1.29, 1.82) is 0 Å². The largest absolute Gasteiger partial charge is 0.507 e. The van der Waals surface area contributed by atoms with Gasteiger partial charge in [-0.15, -0.1) is 0 Å². The molecule has 0 aliphatic heterocycles. The highest BCUT2D eigenvalue weighted by atomic mass is 16.5. The lowest BCUT2D eigenvalue weighted by atomic mass is 10.2. The van der Waals surface area contributed by atoms with Crippen LogP contribution in [-0.4, -0.2) is 23.3 Å². The molecule has 0 saturated heterocycles. The Morgan fingerprint density at radius 2 is 2.21 bits per heavy atom. The Hall–Kier alpha value is -2.50. The number of aryl methyl sites for hydroxylation is 1. The Morgan fingerprint density at radius 1 is 1.42 bits per heavy atom. The molecule has 1 aromatic carbocycles. The number of carbonyl (C=O) groups is 1. The number of hydrogen-bond acceptors (Lipinski definition) is 6. The number of aromatic nitrogens is 1. The number of benzene rings is 1. The van der Waals surface area contributed by atoms with E-state index in [0.717, 1.165) is 0 Å². The van der Waals surface area contributed by atoms with E-state index in [1.54, 1.807) is 19.1 Å². The third kappa shape index (κ3) is 3.04. The zero-order valence-electron chi connectivity index (χ0n) is 10.5. The van der Waals surface area contributed by atoms with Crippen LogP contribution >= 0.6 is 0 Å². The van der Waals surface area contributed by atoms with E-state index in [1.165, 1.54) is 19.2 Å². The number of esters is 1. The molecule has 0 spiro atoms. The molecule has 6 heteroatoms. The third-order valence-electron chi connectivity index (χ3n) is 2.45. The van der Waals surface area contributed by atoms with Gasteiger partial charge in [-0.25, -0.2) is 4.79 Å². The molecule has 0 amide bonds. The van der Waals surface area contributed by atoms with Gasteiger partial charge in [0, 0.05) is 6.07 Å². The lowest BCUT2D eigenvalue weighted by molar-refractivity contribution is 0.0460. The average molecular weight is 263 g/mol. The lowest BCUT2D eigenvalue weighted by Crippen LogP contribution is -2.06. The van der Waals surface area contributed by atoms with Crippen LogP contribution in [0.5, 0.6) is 11.5 Å². The van der Waals surface area contributed by atoms with Crippen molar-refractivity contribution in [3.63, 3.8) is 0 Å². The highest BCUT2D eigenvalue weighted by molar-refractivity contribution is 5.92. The van der Waals surface area contributed by atoms with E-state index in [4.69, 9.17) is 14.0 Å². The van der Waals surface area contributed by atoms with E-state index >= 15 is 0 Å². The van der Waals surface area contributed by atoms with Crippen LogP contribution < -0.4 is 4.74 Å². The summed E-state index contributed by atoms with van der Waals surface area (Å²) in [5, 5.41) is 13.3. The predicted octanol–water partition coefficient (Wildman–Crippen LogP) is 2.05. The van der Waals surface area contributed by atoms with Crippen LogP contribution in [0.4, 0.5) is 0 Å². The topological polar surface area (TPSA) is 81.8 Å². The first-order valence-electron chi connectivity index (χ1n) is 5.56. The van der Waals surface area contributed by atoms with Gasteiger partial charge in [-0.05, 0) is 25.1 Å². The van der Waals surface area contributed by atoms with Crippen molar-refractivity contribution < 1.29 is 23.9 Å². The zero-order valence-corrected chi connectivity index (χ0v) is 10.5. The summed E-state index contributed by atoms with van der Waals surface area (Å²) in [4.78, 5) is 11.8. The predicted molar refractivity (Wildman–Crippen MR) is 65.0 cm³/mol. The van der Waals surface area contributed by atoms with Crippen molar-refractivity contribution in [3.8, 4) is 11.5 Å².